The average Bonchev–Trinajstić information content (AvgIpc) is 2.26. The number of sulfone groups is 1. The summed E-state index contributed by atoms with van der Waals surface area (Å²) in [5, 5.41) is 26.0. The zero-order chi connectivity index (χ0) is 13.8. The van der Waals surface area contributed by atoms with Gasteiger partial charge in [0, 0.05) is 5.75 Å². The quantitative estimate of drug-likeness (QED) is 0.617. The van der Waals surface area contributed by atoms with Crippen LogP contribution in [0.25, 0.3) is 0 Å². The average molecular weight is 272 g/mol. The molecule has 0 aliphatic rings. The molecule has 0 aliphatic heterocycles. The van der Waals surface area contributed by atoms with Gasteiger partial charge in [0.15, 0.2) is 9.84 Å². The molecule has 1 aromatic carbocycles. The van der Waals surface area contributed by atoms with Gasteiger partial charge >= 0.3 is 13.1 Å². The van der Waals surface area contributed by atoms with Gasteiger partial charge in [-0.3, -0.25) is 0 Å². The van der Waals surface area contributed by atoms with Crippen molar-refractivity contribution in [3.63, 3.8) is 0 Å². The summed E-state index contributed by atoms with van der Waals surface area (Å²) in [6, 6.07) is 5.64. The third-order valence-corrected chi connectivity index (χ3v) is 3.88. The van der Waals surface area contributed by atoms with Crippen LogP contribution < -0.4 is 0 Å². The van der Waals surface area contributed by atoms with Crippen LogP contribution in [0.3, 0.4) is 0 Å². The highest BCUT2D eigenvalue weighted by Gasteiger charge is 2.17. The number of hydrogen-bond donors (Lipinski definition) is 3. The molecular formula is C10H13BO6S. The molecule has 6 nitrogen and oxygen atoms in total. The standard InChI is InChI=1S/C10H13BO6S/c12-10(13)9-3-1-2-8(6-9)7-18(16,17)5-4-11(14)15/h1-3,6,14-15H,4-5,7H2,(H,12,13). The van der Waals surface area contributed by atoms with E-state index in [9.17, 15) is 13.2 Å². The molecule has 0 saturated carbocycles. The van der Waals surface area contributed by atoms with E-state index >= 15 is 0 Å². The summed E-state index contributed by atoms with van der Waals surface area (Å²) in [6.45, 7) is 0. The van der Waals surface area contributed by atoms with E-state index in [4.69, 9.17) is 15.2 Å². The molecule has 0 aromatic heterocycles. The van der Waals surface area contributed by atoms with Crippen LogP contribution in [-0.2, 0) is 15.6 Å². The smallest absolute Gasteiger partial charge is 0.452 e. The molecule has 0 radical (unpaired) electrons. The molecule has 0 saturated heterocycles. The van der Waals surface area contributed by atoms with Gasteiger partial charge in [0.25, 0.3) is 0 Å². The van der Waals surface area contributed by atoms with E-state index in [1.54, 1.807) is 0 Å². The topological polar surface area (TPSA) is 112 Å². The van der Waals surface area contributed by atoms with E-state index in [0.29, 0.717) is 5.56 Å². The highest BCUT2D eigenvalue weighted by Crippen LogP contribution is 2.11. The Bertz CT molecular complexity index is 525. The molecule has 98 valence electrons. The molecule has 0 amide bonds. The molecule has 0 spiro atoms. The number of carbonyl (C=O) groups is 1. The molecule has 0 atom stereocenters. The molecule has 0 aliphatic carbocycles. The first-order valence-electron chi connectivity index (χ1n) is 5.19. The summed E-state index contributed by atoms with van der Waals surface area (Å²) in [5.74, 6) is -1.80. The first-order chi connectivity index (χ1) is 8.30. The summed E-state index contributed by atoms with van der Waals surface area (Å²) in [4.78, 5) is 10.7. The second-order valence-corrected chi connectivity index (χ2v) is 6.05. The van der Waals surface area contributed by atoms with Crippen LogP contribution in [0.15, 0.2) is 24.3 Å². The number of benzene rings is 1. The number of aromatic carboxylic acids is 1. The van der Waals surface area contributed by atoms with E-state index in [2.05, 4.69) is 0 Å². The number of carboxylic acids is 1. The van der Waals surface area contributed by atoms with Gasteiger partial charge < -0.3 is 15.2 Å². The predicted molar refractivity (Wildman–Crippen MR) is 65.9 cm³/mol. The molecule has 0 bridgehead atoms. The van der Waals surface area contributed by atoms with Crippen molar-refractivity contribution in [2.45, 2.75) is 12.1 Å². The fraction of sp³-hybridized carbons (Fsp3) is 0.300. The molecule has 0 fully saturated rings. The Labute approximate surface area is 105 Å². The SMILES string of the molecule is O=C(O)c1cccc(CS(=O)(=O)CCB(O)O)c1. The minimum Gasteiger partial charge on any atom is -0.478 e. The maximum Gasteiger partial charge on any atom is 0.452 e. The second-order valence-electron chi connectivity index (χ2n) is 3.87. The lowest BCUT2D eigenvalue weighted by atomic mass is 9.88. The normalized spacial score (nSPS) is 11.2. The maximum atomic E-state index is 11.6. The Morgan fingerprint density at radius 3 is 2.50 bits per heavy atom. The van der Waals surface area contributed by atoms with Crippen LogP contribution in [0, 0.1) is 0 Å². The lowest BCUT2D eigenvalue weighted by Crippen LogP contribution is -2.18. The Morgan fingerprint density at radius 2 is 1.94 bits per heavy atom. The van der Waals surface area contributed by atoms with E-state index in [1.807, 2.05) is 0 Å². The first-order valence-corrected chi connectivity index (χ1v) is 7.01. The maximum absolute atomic E-state index is 11.6. The van der Waals surface area contributed by atoms with Crippen molar-refractivity contribution < 1.29 is 28.4 Å². The molecule has 8 heteroatoms. The van der Waals surface area contributed by atoms with Crippen molar-refractivity contribution in [1.82, 2.24) is 0 Å². The highest BCUT2D eigenvalue weighted by atomic mass is 32.2. The van der Waals surface area contributed by atoms with Crippen molar-refractivity contribution in [2.75, 3.05) is 5.75 Å². The minimum atomic E-state index is -3.49. The van der Waals surface area contributed by atoms with Crippen LogP contribution in [0.2, 0.25) is 6.32 Å². The van der Waals surface area contributed by atoms with Crippen LogP contribution >= 0.6 is 0 Å². The van der Waals surface area contributed by atoms with Crippen molar-refractivity contribution in [1.29, 1.82) is 0 Å². The van der Waals surface area contributed by atoms with Gasteiger partial charge in [-0.1, -0.05) is 12.1 Å². The number of carboxylic acid groups (broad SMARTS) is 1. The third-order valence-electron chi connectivity index (χ3n) is 2.25. The molecule has 3 N–H and O–H groups in total. The van der Waals surface area contributed by atoms with Crippen molar-refractivity contribution >= 4 is 22.9 Å². The fourth-order valence-corrected chi connectivity index (χ4v) is 2.81. The summed E-state index contributed by atoms with van der Waals surface area (Å²) in [7, 11) is -5.15. The molecule has 1 rings (SSSR count). The molecule has 0 unspecified atom stereocenters. The monoisotopic (exact) mass is 272 g/mol. The van der Waals surface area contributed by atoms with Crippen LogP contribution in [-0.4, -0.2) is 42.4 Å². The largest absolute Gasteiger partial charge is 0.478 e. The van der Waals surface area contributed by atoms with Gasteiger partial charge in [-0.05, 0) is 24.0 Å². The Morgan fingerprint density at radius 1 is 1.28 bits per heavy atom. The predicted octanol–water partition coefficient (Wildman–Crippen LogP) is -0.228. The molecular weight excluding hydrogens is 259 g/mol. The van der Waals surface area contributed by atoms with Gasteiger partial charge in [-0.25, -0.2) is 13.2 Å². The highest BCUT2D eigenvalue weighted by molar-refractivity contribution is 7.90. The lowest BCUT2D eigenvalue weighted by Gasteiger charge is -2.05. The van der Waals surface area contributed by atoms with Gasteiger partial charge in [-0.2, -0.15) is 0 Å². The van der Waals surface area contributed by atoms with Crippen LogP contribution in [0.4, 0.5) is 0 Å². The Balaban J connectivity index is 2.78. The zero-order valence-electron chi connectivity index (χ0n) is 9.48. The van der Waals surface area contributed by atoms with E-state index in [0.717, 1.165) is 0 Å². The first kappa shape index (κ1) is 14.7. The van der Waals surface area contributed by atoms with E-state index < -0.39 is 22.9 Å². The Hall–Kier alpha value is -1.38. The van der Waals surface area contributed by atoms with Crippen molar-refractivity contribution in [2.24, 2.45) is 0 Å². The minimum absolute atomic E-state index is 0.0184. The van der Waals surface area contributed by atoms with Gasteiger partial charge in [0.2, 0.25) is 0 Å². The second kappa shape index (κ2) is 5.99. The van der Waals surface area contributed by atoms with Crippen LogP contribution in [0.1, 0.15) is 15.9 Å². The summed E-state index contributed by atoms with van der Waals surface area (Å²) in [5.41, 5.74) is 0.382. The number of rotatable bonds is 6. The van der Waals surface area contributed by atoms with Crippen molar-refractivity contribution in [3.8, 4) is 0 Å². The summed E-state index contributed by atoms with van der Waals surface area (Å²) in [6.07, 6.45) is -0.263. The summed E-state index contributed by atoms with van der Waals surface area (Å²) >= 11 is 0. The number of hydrogen-bond acceptors (Lipinski definition) is 5. The lowest BCUT2D eigenvalue weighted by molar-refractivity contribution is 0.0696. The van der Waals surface area contributed by atoms with Crippen LogP contribution in [0.5, 0.6) is 0 Å². The molecule has 18 heavy (non-hydrogen) atoms. The van der Waals surface area contributed by atoms with Crippen molar-refractivity contribution in [3.05, 3.63) is 35.4 Å². The molecule has 0 heterocycles. The zero-order valence-corrected chi connectivity index (χ0v) is 10.3. The van der Waals surface area contributed by atoms with Gasteiger partial charge in [0.1, 0.15) is 0 Å². The van der Waals surface area contributed by atoms with Gasteiger partial charge in [0.05, 0.1) is 11.3 Å². The summed E-state index contributed by atoms with van der Waals surface area (Å²) < 4.78 is 23.2. The fourth-order valence-electron chi connectivity index (χ4n) is 1.41. The van der Waals surface area contributed by atoms with E-state index in [1.165, 1.54) is 24.3 Å². The molecule has 1 aromatic rings. The van der Waals surface area contributed by atoms with E-state index in [-0.39, 0.29) is 23.4 Å². The Kier molecular flexibility index (Phi) is 4.89. The van der Waals surface area contributed by atoms with Gasteiger partial charge in [-0.15, -0.1) is 0 Å². The third kappa shape index (κ3) is 4.86.